The van der Waals surface area contributed by atoms with E-state index >= 15 is 0 Å². The summed E-state index contributed by atoms with van der Waals surface area (Å²) < 4.78 is 42.5. The summed E-state index contributed by atoms with van der Waals surface area (Å²) in [5.74, 6) is 0. The van der Waals surface area contributed by atoms with Crippen LogP contribution in [0.2, 0.25) is 0 Å². The van der Waals surface area contributed by atoms with Gasteiger partial charge >= 0.3 is 0 Å². The van der Waals surface area contributed by atoms with Crippen molar-refractivity contribution >= 4 is 10.1 Å². The van der Waals surface area contributed by atoms with Crippen molar-refractivity contribution in [3.63, 3.8) is 0 Å². The molecule has 1 aliphatic rings. The lowest BCUT2D eigenvalue weighted by Gasteiger charge is -2.19. The molecule has 1 saturated carbocycles. The lowest BCUT2D eigenvalue weighted by atomic mass is 10.0. The van der Waals surface area contributed by atoms with Gasteiger partial charge in [-0.15, -0.1) is 0 Å². The van der Waals surface area contributed by atoms with Crippen LogP contribution in [0.4, 0.5) is 4.39 Å². The fourth-order valence-corrected chi connectivity index (χ4v) is 4.22. The molecule has 0 spiro atoms. The fourth-order valence-electron chi connectivity index (χ4n) is 2.52. The van der Waals surface area contributed by atoms with Crippen LogP contribution in [-0.2, 0) is 20.7 Å². The highest BCUT2D eigenvalue weighted by Gasteiger charge is 2.56. The molecule has 0 unspecified atom stereocenters. The Labute approximate surface area is 126 Å². The maximum absolute atomic E-state index is 14.2. The van der Waals surface area contributed by atoms with E-state index < -0.39 is 27.1 Å². The van der Waals surface area contributed by atoms with Crippen LogP contribution >= 0.6 is 0 Å². The van der Waals surface area contributed by atoms with Crippen LogP contribution in [0.5, 0.6) is 0 Å². The zero-order chi connectivity index (χ0) is 15.5. The Morgan fingerprint density at radius 2 is 1.86 bits per heavy atom. The normalized spacial score (nSPS) is 18.7. The number of hydrogen-bond donors (Lipinski definition) is 0. The summed E-state index contributed by atoms with van der Waals surface area (Å²) in [5.41, 5.74) is 1.08. The molecule has 5 heteroatoms. The van der Waals surface area contributed by atoms with Crippen LogP contribution in [0.25, 0.3) is 0 Å². The summed E-state index contributed by atoms with van der Waals surface area (Å²) in [7, 11) is -3.67. The van der Waals surface area contributed by atoms with Crippen LogP contribution in [-0.4, -0.2) is 25.4 Å². The molecule has 1 aromatic rings. The van der Waals surface area contributed by atoms with Crippen LogP contribution in [0.3, 0.4) is 0 Å². The van der Waals surface area contributed by atoms with Gasteiger partial charge in [-0.05, 0) is 45.1 Å². The molecule has 21 heavy (non-hydrogen) atoms. The maximum Gasteiger partial charge on any atom is 0.273 e. The number of alkyl halides is 1. The molecular weight excluding hydrogens is 291 g/mol. The molecule has 0 aromatic heterocycles. The molecule has 1 aromatic carbocycles. The van der Waals surface area contributed by atoms with Crippen molar-refractivity contribution in [1.82, 2.24) is 0 Å². The first-order chi connectivity index (χ1) is 9.85. The Kier molecular flexibility index (Phi) is 5.04. The van der Waals surface area contributed by atoms with Gasteiger partial charge in [0.2, 0.25) is 0 Å². The Bertz CT molecular complexity index is 550. The lowest BCUT2D eigenvalue weighted by molar-refractivity contribution is 0.231. The molecule has 118 valence electrons. The number of halogens is 1. The van der Waals surface area contributed by atoms with Gasteiger partial charge in [0.25, 0.3) is 10.1 Å². The summed E-state index contributed by atoms with van der Waals surface area (Å²) in [4.78, 5) is 0. The van der Waals surface area contributed by atoms with E-state index in [2.05, 4.69) is 0 Å². The van der Waals surface area contributed by atoms with E-state index in [0.717, 1.165) is 5.56 Å². The van der Waals surface area contributed by atoms with E-state index in [1.807, 2.05) is 30.3 Å². The molecule has 0 amide bonds. The summed E-state index contributed by atoms with van der Waals surface area (Å²) in [6.45, 7) is 3.35. The van der Waals surface area contributed by atoms with E-state index in [-0.39, 0.29) is 6.42 Å². The molecule has 1 atom stereocenters. The topological polar surface area (TPSA) is 43.4 Å². The molecule has 0 radical (unpaired) electrons. The van der Waals surface area contributed by atoms with Gasteiger partial charge in [-0.25, -0.2) is 4.39 Å². The van der Waals surface area contributed by atoms with Crippen molar-refractivity contribution in [2.45, 2.75) is 63.0 Å². The predicted octanol–water partition coefficient (Wildman–Crippen LogP) is 3.63. The van der Waals surface area contributed by atoms with Gasteiger partial charge in [0.15, 0.2) is 0 Å². The first kappa shape index (κ1) is 16.4. The minimum atomic E-state index is -3.67. The minimum Gasteiger partial charge on any atom is -0.267 e. The Morgan fingerprint density at radius 3 is 2.38 bits per heavy atom. The standard InChI is InChI=1S/C16H23FO3S/c1-13(2)20-21(18,19)16(10-11-16)12-15(17)9-8-14-6-4-3-5-7-14/h3-7,13,15H,8-12H2,1-2H3/t15-/m1/s1. The molecule has 2 rings (SSSR count). The molecular formula is C16H23FO3S. The van der Waals surface area contributed by atoms with E-state index in [4.69, 9.17) is 4.18 Å². The van der Waals surface area contributed by atoms with Gasteiger partial charge in [0.1, 0.15) is 10.9 Å². The second-order valence-electron chi connectivity index (χ2n) is 6.11. The third kappa shape index (κ3) is 4.27. The molecule has 0 aliphatic heterocycles. The van der Waals surface area contributed by atoms with Crippen molar-refractivity contribution in [2.24, 2.45) is 0 Å². The number of benzene rings is 1. The number of hydrogen-bond acceptors (Lipinski definition) is 3. The Hall–Kier alpha value is -0.940. The van der Waals surface area contributed by atoms with Crippen molar-refractivity contribution in [2.75, 3.05) is 0 Å². The number of rotatable bonds is 8. The predicted molar refractivity (Wildman–Crippen MR) is 81.4 cm³/mol. The summed E-state index contributed by atoms with van der Waals surface area (Å²) in [6.07, 6.45) is 0.538. The third-order valence-electron chi connectivity index (χ3n) is 3.84. The quantitative estimate of drug-likeness (QED) is 0.688. The van der Waals surface area contributed by atoms with Gasteiger partial charge < -0.3 is 0 Å². The zero-order valence-corrected chi connectivity index (χ0v) is 13.4. The van der Waals surface area contributed by atoms with Crippen LogP contribution in [0.15, 0.2) is 30.3 Å². The van der Waals surface area contributed by atoms with Crippen molar-refractivity contribution < 1.29 is 17.0 Å². The smallest absolute Gasteiger partial charge is 0.267 e. The second kappa shape index (κ2) is 6.44. The summed E-state index contributed by atoms with van der Waals surface area (Å²) in [5, 5.41) is 0. The number of aryl methyl sites for hydroxylation is 1. The average molecular weight is 314 g/mol. The Balaban J connectivity index is 1.89. The molecule has 1 fully saturated rings. The van der Waals surface area contributed by atoms with E-state index in [9.17, 15) is 12.8 Å². The summed E-state index contributed by atoms with van der Waals surface area (Å²) >= 11 is 0. The van der Waals surface area contributed by atoms with Gasteiger partial charge in [0.05, 0.1) is 6.10 Å². The van der Waals surface area contributed by atoms with E-state index in [0.29, 0.717) is 25.7 Å². The highest BCUT2D eigenvalue weighted by atomic mass is 32.2. The second-order valence-corrected chi connectivity index (χ2v) is 8.07. The maximum atomic E-state index is 14.2. The monoisotopic (exact) mass is 314 g/mol. The van der Waals surface area contributed by atoms with Gasteiger partial charge in [-0.1, -0.05) is 30.3 Å². The molecule has 0 heterocycles. The zero-order valence-electron chi connectivity index (χ0n) is 12.6. The van der Waals surface area contributed by atoms with Gasteiger partial charge in [0, 0.05) is 6.42 Å². The highest BCUT2D eigenvalue weighted by molar-refractivity contribution is 7.88. The molecule has 1 aliphatic carbocycles. The highest BCUT2D eigenvalue weighted by Crippen LogP contribution is 2.49. The molecule has 0 bridgehead atoms. The van der Waals surface area contributed by atoms with Crippen LogP contribution in [0.1, 0.15) is 45.1 Å². The lowest BCUT2D eigenvalue weighted by Crippen LogP contribution is -2.30. The summed E-state index contributed by atoms with van der Waals surface area (Å²) in [6, 6.07) is 9.68. The van der Waals surface area contributed by atoms with Crippen LogP contribution < -0.4 is 0 Å². The van der Waals surface area contributed by atoms with Gasteiger partial charge in [-0.3, -0.25) is 4.18 Å². The van der Waals surface area contributed by atoms with E-state index in [1.165, 1.54) is 0 Å². The first-order valence-electron chi connectivity index (χ1n) is 7.45. The average Bonchev–Trinajstić information content (AvgIpc) is 3.17. The first-order valence-corrected chi connectivity index (χ1v) is 8.86. The molecule has 0 N–H and O–H groups in total. The fraction of sp³-hybridized carbons (Fsp3) is 0.625. The minimum absolute atomic E-state index is 0.0505. The van der Waals surface area contributed by atoms with E-state index in [1.54, 1.807) is 13.8 Å². The molecule has 3 nitrogen and oxygen atoms in total. The van der Waals surface area contributed by atoms with Crippen LogP contribution in [0, 0.1) is 0 Å². The van der Waals surface area contributed by atoms with Crippen molar-refractivity contribution in [1.29, 1.82) is 0 Å². The third-order valence-corrected chi connectivity index (χ3v) is 6.11. The van der Waals surface area contributed by atoms with Crippen molar-refractivity contribution in [3.05, 3.63) is 35.9 Å². The SMILES string of the molecule is CC(C)OS(=O)(=O)C1(C[C@H](F)CCc2ccccc2)CC1. The largest absolute Gasteiger partial charge is 0.273 e. The Morgan fingerprint density at radius 1 is 1.24 bits per heavy atom. The van der Waals surface area contributed by atoms with Crippen molar-refractivity contribution in [3.8, 4) is 0 Å². The van der Waals surface area contributed by atoms with Gasteiger partial charge in [-0.2, -0.15) is 8.42 Å². The molecule has 0 saturated heterocycles.